The number of hydrogen-bond donors (Lipinski definition) is 1. The molecular weight excluding hydrogens is 328 g/mol. The first kappa shape index (κ1) is 18.5. The minimum Gasteiger partial charge on any atom is -0.360 e. The summed E-state index contributed by atoms with van der Waals surface area (Å²) in [6.45, 7) is -0.951. The zero-order chi connectivity index (χ0) is 16.5. The van der Waals surface area contributed by atoms with Gasteiger partial charge in [0.15, 0.2) is 0 Å². The van der Waals surface area contributed by atoms with Gasteiger partial charge in [0.1, 0.15) is 0 Å². The number of nitrogens with two attached hydrogens (primary N) is 1. The lowest BCUT2D eigenvalue weighted by Gasteiger charge is -2.31. The smallest absolute Gasteiger partial charge is 0.360 e. The lowest BCUT2D eigenvalue weighted by atomic mass is 9.90. The predicted octanol–water partition coefficient (Wildman–Crippen LogP) is 2.35. The molecule has 11 heteroatoms. The minimum atomic E-state index is -5.61. The van der Waals surface area contributed by atoms with Crippen molar-refractivity contribution in [1.82, 2.24) is 0 Å². The Kier molecular flexibility index (Phi) is 5.21. The van der Waals surface area contributed by atoms with E-state index in [0.29, 0.717) is 12.8 Å². The third-order valence-electron chi connectivity index (χ3n) is 3.32. The van der Waals surface area contributed by atoms with E-state index in [1.165, 1.54) is 0 Å². The highest BCUT2D eigenvalue weighted by atomic mass is 32.2. The Balaban J connectivity index is 2.85. The fraction of sp³-hybridized carbons (Fsp3) is 1.00. The molecule has 0 aromatic rings. The van der Waals surface area contributed by atoms with Gasteiger partial charge in [-0.1, -0.05) is 12.8 Å². The van der Waals surface area contributed by atoms with E-state index in [4.69, 9.17) is 5.14 Å². The summed E-state index contributed by atoms with van der Waals surface area (Å²) in [6.07, 6.45) is -13.8. The van der Waals surface area contributed by atoms with Crippen LogP contribution in [0.3, 0.4) is 0 Å². The molecule has 0 heterocycles. The molecule has 0 aromatic carbocycles. The maximum atomic E-state index is 12.4. The second-order valence-electron chi connectivity index (χ2n) is 5.29. The third-order valence-corrected chi connectivity index (χ3v) is 4.34. The van der Waals surface area contributed by atoms with Crippen LogP contribution in [-0.4, -0.2) is 39.2 Å². The van der Waals surface area contributed by atoms with Crippen molar-refractivity contribution in [2.45, 2.75) is 44.1 Å². The van der Waals surface area contributed by atoms with E-state index in [1.54, 1.807) is 0 Å². The molecule has 0 aliphatic heterocycles. The molecule has 0 aromatic heterocycles. The van der Waals surface area contributed by atoms with Gasteiger partial charge in [-0.25, -0.2) is 13.6 Å². The van der Waals surface area contributed by atoms with Gasteiger partial charge in [0.05, 0.1) is 12.4 Å². The van der Waals surface area contributed by atoms with Gasteiger partial charge >= 0.3 is 12.4 Å². The summed E-state index contributed by atoms with van der Waals surface area (Å²) in [7, 11) is -4.03. The van der Waals surface area contributed by atoms with Crippen LogP contribution in [0.4, 0.5) is 26.3 Å². The van der Waals surface area contributed by atoms with Crippen molar-refractivity contribution in [3.8, 4) is 0 Å². The van der Waals surface area contributed by atoms with Gasteiger partial charge in [-0.2, -0.15) is 26.3 Å². The van der Waals surface area contributed by atoms with Crippen LogP contribution < -0.4 is 5.14 Å². The van der Waals surface area contributed by atoms with Gasteiger partial charge in [0, 0.05) is 5.41 Å². The van der Waals surface area contributed by atoms with Gasteiger partial charge in [-0.05, 0) is 12.8 Å². The molecule has 2 N–H and O–H groups in total. The maximum absolute atomic E-state index is 12.4. The number of rotatable bonds is 5. The van der Waals surface area contributed by atoms with Crippen LogP contribution in [0.1, 0.15) is 25.7 Å². The zero-order valence-corrected chi connectivity index (χ0v) is 11.6. The summed E-state index contributed by atoms with van der Waals surface area (Å²) < 4.78 is 100. The molecule has 0 spiro atoms. The van der Waals surface area contributed by atoms with Crippen molar-refractivity contribution < 1.29 is 39.5 Å². The van der Waals surface area contributed by atoms with Crippen LogP contribution in [-0.2, 0) is 14.8 Å². The molecule has 21 heavy (non-hydrogen) atoms. The van der Waals surface area contributed by atoms with E-state index in [9.17, 15) is 34.8 Å². The first-order valence-corrected chi connectivity index (χ1v) is 7.72. The Morgan fingerprint density at radius 3 is 1.81 bits per heavy atom. The molecule has 1 fully saturated rings. The van der Waals surface area contributed by atoms with Crippen LogP contribution >= 0.6 is 0 Å². The highest BCUT2D eigenvalue weighted by molar-refractivity contribution is 7.89. The Morgan fingerprint density at radius 2 is 1.48 bits per heavy atom. The first-order chi connectivity index (χ1) is 9.25. The van der Waals surface area contributed by atoms with Crippen molar-refractivity contribution in [1.29, 1.82) is 0 Å². The molecule has 0 bridgehead atoms. The Bertz CT molecular complexity index is 438. The average molecular weight is 343 g/mol. The van der Waals surface area contributed by atoms with Crippen molar-refractivity contribution in [2.75, 3.05) is 12.4 Å². The molecule has 0 atom stereocenters. The maximum Gasteiger partial charge on any atom is 0.423 e. The molecular formula is C10H15F6NO3S. The van der Waals surface area contributed by atoms with Gasteiger partial charge < -0.3 is 4.74 Å². The van der Waals surface area contributed by atoms with E-state index in [2.05, 4.69) is 4.74 Å². The van der Waals surface area contributed by atoms with E-state index in [1.807, 2.05) is 0 Å². The second kappa shape index (κ2) is 5.92. The van der Waals surface area contributed by atoms with Crippen LogP contribution in [0.15, 0.2) is 0 Å². The molecule has 126 valence electrons. The highest BCUT2D eigenvalue weighted by Crippen LogP contribution is 2.42. The number of ether oxygens (including phenoxy) is 1. The molecule has 4 nitrogen and oxygen atoms in total. The molecule has 0 unspecified atom stereocenters. The minimum absolute atomic E-state index is 0.159. The fourth-order valence-corrected chi connectivity index (χ4v) is 3.74. The Morgan fingerprint density at radius 1 is 1.05 bits per heavy atom. The number of primary sulfonamides is 1. The molecule has 1 aliphatic rings. The summed E-state index contributed by atoms with van der Waals surface area (Å²) >= 11 is 0. The van der Waals surface area contributed by atoms with Crippen LogP contribution in [0.25, 0.3) is 0 Å². The SMILES string of the molecule is NS(=O)(=O)CC1(COC(C(F)(F)F)C(F)(F)F)CCCC1. The van der Waals surface area contributed by atoms with Crippen LogP contribution in [0.5, 0.6) is 0 Å². The Hall–Kier alpha value is -0.550. The van der Waals surface area contributed by atoms with Gasteiger partial charge in [0.25, 0.3) is 0 Å². The largest absolute Gasteiger partial charge is 0.423 e. The van der Waals surface area contributed by atoms with Crippen LogP contribution in [0.2, 0.25) is 0 Å². The molecule has 0 saturated heterocycles. The quantitative estimate of drug-likeness (QED) is 0.779. The molecule has 1 rings (SSSR count). The summed E-state index contributed by atoms with van der Waals surface area (Å²) in [5, 5.41) is 4.85. The standard InChI is InChI=1S/C10H15F6NO3S/c11-9(12,13)7(10(14,15)16)20-5-8(3-1-2-4-8)6-21(17,18)19/h7H,1-6H2,(H2,17,18,19). The summed E-state index contributed by atoms with van der Waals surface area (Å²) in [5.74, 6) is -0.692. The monoisotopic (exact) mass is 343 g/mol. The summed E-state index contributed by atoms with van der Waals surface area (Å²) in [5.41, 5.74) is -1.29. The van der Waals surface area contributed by atoms with Crippen molar-refractivity contribution in [3.05, 3.63) is 0 Å². The summed E-state index contributed by atoms with van der Waals surface area (Å²) in [4.78, 5) is 0. The molecule has 1 saturated carbocycles. The van der Waals surface area contributed by atoms with Gasteiger partial charge in [-0.3, -0.25) is 0 Å². The fourth-order valence-electron chi connectivity index (χ4n) is 2.52. The topological polar surface area (TPSA) is 69.4 Å². The van der Waals surface area contributed by atoms with Gasteiger partial charge in [-0.15, -0.1) is 0 Å². The Labute approximate surface area is 117 Å². The second-order valence-corrected chi connectivity index (χ2v) is 6.90. The zero-order valence-electron chi connectivity index (χ0n) is 10.8. The number of sulfonamides is 1. The highest BCUT2D eigenvalue weighted by Gasteiger charge is 2.58. The molecule has 0 amide bonds. The van der Waals surface area contributed by atoms with E-state index < -0.39 is 46.3 Å². The van der Waals surface area contributed by atoms with Crippen molar-refractivity contribution >= 4 is 10.0 Å². The van der Waals surface area contributed by atoms with E-state index in [-0.39, 0.29) is 12.8 Å². The van der Waals surface area contributed by atoms with E-state index >= 15 is 0 Å². The lowest BCUT2D eigenvalue weighted by molar-refractivity contribution is -0.325. The number of hydrogen-bond acceptors (Lipinski definition) is 3. The normalized spacial score (nSPS) is 20.2. The first-order valence-electron chi connectivity index (χ1n) is 6.01. The van der Waals surface area contributed by atoms with Crippen molar-refractivity contribution in [3.63, 3.8) is 0 Å². The molecule has 0 radical (unpaired) electrons. The summed E-state index contributed by atoms with van der Waals surface area (Å²) in [6, 6.07) is 0. The van der Waals surface area contributed by atoms with Gasteiger partial charge in [0.2, 0.25) is 16.1 Å². The van der Waals surface area contributed by atoms with E-state index in [0.717, 1.165) is 0 Å². The van der Waals surface area contributed by atoms with Crippen LogP contribution in [0, 0.1) is 5.41 Å². The molecule has 1 aliphatic carbocycles. The average Bonchev–Trinajstić information content (AvgIpc) is 2.59. The van der Waals surface area contributed by atoms with Crippen molar-refractivity contribution in [2.24, 2.45) is 10.6 Å². The number of halogens is 6. The predicted molar refractivity (Wildman–Crippen MR) is 60.7 cm³/mol. The lowest BCUT2D eigenvalue weighted by Crippen LogP contribution is -2.47. The third kappa shape index (κ3) is 5.62. The number of alkyl halides is 6.